The number of hydrogen-bond acceptors (Lipinski definition) is 3. The first-order valence-electron chi connectivity index (χ1n) is 6.62. The molecule has 0 fully saturated rings. The van der Waals surface area contributed by atoms with Crippen LogP contribution in [0.3, 0.4) is 0 Å². The number of pyridine rings is 1. The molecule has 94 valence electrons. The summed E-state index contributed by atoms with van der Waals surface area (Å²) >= 11 is 1.96. The van der Waals surface area contributed by atoms with Gasteiger partial charge in [0.2, 0.25) is 0 Å². The number of aromatic nitrogens is 1. The highest BCUT2D eigenvalue weighted by Crippen LogP contribution is 2.37. The second-order valence-corrected chi connectivity index (χ2v) is 5.69. The summed E-state index contributed by atoms with van der Waals surface area (Å²) in [6.45, 7) is 3.29. The molecule has 1 aliphatic rings. The number of thioether (sulfide) groups is 1. The second-order valence-electron chi connectivity index (χ2n) is 4.70. The van der Waals surface area contributed by atoms with Crippen molar-refractivity contribution in [1.29, 1.82) is 0 Å². The van der Waals surface area contributed by atoms with E-state index in [4.69, 9.17) is 4.98 Å². The van der Waals surface area contributed by atoms with Crippen LogP contribution >= 0.6 is 11.8 Å². The Kier molecular flexibility index (Phi) is 3.41. The van der Waals surface area contributed by atoms with E-state index in [0.717, 1.165) is 23.6 Å². The minimum Gasteiger partial charge on any atom is -0.384 e. The molecule has 0 saturated heterocycles. The first kappa shape index (κ1) is 11.8. The summed E-state index contributed by atoms with van der Waals surface area (Å²) in [4.78, 5) is 4.78. The van der Waals surface area contributed by atoms with E-state index in [9.17, 15) is 0 Å². The molecule has 0 unspecified atom stereocenters. The molecule has 3 heteroatoms. The Morgan fingerprint density at radius 1 is 1.28 bits per heavy atom. The molecule has 1 aromatic heterocycles. The van der Waals surface area contributed by atoms with E-state index >= 15 is 0 Å². The second kappa shape index (κ2) is 5.19. The molecule has 2 heterocycles. The van der Waals surface area contributed by atoms with Gasteiger partial charge in [0.05, 0.1) is 11.2 Å². The predicted octanol–water partition coefficient (Wildman–Crippen LogP) is 4.19. The third-order valence-electron chi connectivity index (χ3n) is 3.40. The highest BCUT2D eigenvalue weighted by Gasteiger charge is 2.19. The molecule has 2 nitrogen and oxygen atoms in total. The fraction of sp³-hybridized carbons (Fsp3) is 0.400. The van der Waals surface area contributed by atoms with Gasteiger partial charge in [-0.3, -0.25) is 4.98 Å². The Morgan fingerprint density at radius 3 is 3.06 bits per heavy atom. The maximum Gasteiger partial charge on any atom is 0.0726 e. The molecule has 0 spiro atoms. The number of rotatable bonds is 4. The van der Waals surface area contributed by atoms with Gasteiger partial charge in [0.1, 0.15) is 0 Å². The summed E-state index contributed by atoms with van der Waals surface area (Å²) in [7, 11) is 0. The van der Waals surface area contributed by atoms with Crippen LogP contribution in [0.25, 0.3) is 10.9 Å². The lowest BCUT2D eigenvalue weighted by Gasteiger charge is -2.13. The number of para-hydroxylation sites is 1. The van der Waals surface area contributed by atoms with Crippen molar-refractivity contribution in [2.45, 2.75) is 31.3 Å². The van der Waals surface area contributed by atoms with Crippen LogP contribution in [-0.2, 0) is 11.5 Å². The van der Waals surface area contributed by atoms with Gasteiger partial charge in [-0.2, -0.15) is 11.8 Å². The Labute approximate surface area is 112 Å². The third-order valence-corrected chi connectivity index (χ3v) is 4.37. The molecule has 0 saturated carbocycles. The van der Waals surface area contributed by atoms with E-state index in [1.165, 1.54) is 35.2 Å². The topological polar surface area (TPSA) is 24.9 Å². The van der Waals surface area contributed by atoms with Crippen molar-refractivity contribution < 1.29 is 0 Å². The summed E-state index contributed by atoms with van der Waals surface area (Å²) in [6, 6.07) is 8.46. The minimum absolute atomic E-state index is 1.06. The summed E-state index contributed by atoms with van der Waals surface area (Å²) in [5.41, 5.74) is 5.15. The van der Waals surface area contributed by atoms with Crippen molar-refractivity contribution in [3.63, 3.8) is 0 Å². The number of nitrogens with one attached hydrogen (secondary N) is 1. The first-order chi connectivity index (χ1) is 8.90. The number of hydrogen-bond donors (Lipinski definition) is 1. The predicted molar refractivity (Wildman–Crippen MR) is 80.1 cm³/mol. The normalized spacial score (nSPS) is 13.8. The minimum atomic E-state index is 1.06. The van der Waals surface area contributed by atoms with Crippen LogP contribution in [-0.4, -0.2) is 11.5 Å². The summed E-state index contributed by atoms with van der Waals surface area (Å²) in [5, 5.41) is 4.91. The molecule has 1 aliphatic heterocycles. The van der Waals surface area contributed by atoms with Crippen LogP contribution < -0.4 is 5.32 Å². The van der Waals surface area contributed by atoms with Crippen molar-refractivity contribution in [2.75, 3.05) is 11.9 Å². The van der Waals surface area contributed by atoms with E-state index in [0.29, 0.717) is 0 Å². The summed E-state index contributed by atoms with van der Waals surface area (Å²) in [5.74, 6) is 2.16. The van der Waals surface area contributed by atoms with E-state index in [-0.39, 0.29) is 0 Å². The van der Waals surface area contributed by atoms with Crippen molar-refractivity contribution in [2.24, 2.45) is 0 Å². The van der Waals surface area contributed by atoms with Gasteiger partial charge in [0.15, 0.2) is 0 Å². The average Bonchev–Trinajstić information content (AvgIpc) is 2.86. The fourth-order valence-corrected chi connectivity index (χ4v) is 3.47. The van der Waals surface area contributed by atoms with Crippen molar-refractivity contribution >= 4 is 28.4 Å². The molecule has 0 bridgehead atoms. The molecular formula is C15H18N2S. The van der Waals surface area contributed by atoms with Gasteiger partial charge >= 0.3 is 0 Å². The van der Waals surface area contributed by atoms with Crippen LogP contribution in [0.1, 0.15) is 31.0 Å². The van der Waals surface area contributed by atoms with Crippen LogP contribution in [0.2, 0.25) is 0 Å². The molecule has 0 aliphatic carbocycles. The number of fused-ring (bicyclic) bond motifs is 2. The quantitative estimate of drug-likeness (QED) is 0.832. The molecule has 3 rings (SSSR count). The monoisotopic (exact) mass is 258 g/mol. The molecular weight excluding hydrogens is 240 g/mol. The zero-order chi connectivity index (χ0) is 12.4. The van der Waals surface area contributed by atoms with Crippen LogP contribution in [0.15, 0.2) is 24.3 Å². The van der Waals surface area contributed by atoms with Gasteiger partial charge in [-0.25, -0.2) is 0 Å². The molecule has 18 heavy (non-hydrogen) atoms. The standard InChI is InChI=1S/C15H18N2S/c1-2-3-8-16-15-11-6-4-5-7-13(11)17-14-10-18-9-12(14)15/h4-7H,2-3,8-10H2,1H3,(H,16,17). The van der Waals surface area contributed by atoms with E-state index in [2.05, 4.69) is 36.5 Å². The Bertz CT molecular complexity index is 566. The smallest absolute Gasteiger partial charge is 0.0726 e. The van der Waals surface area contributed by atoms with Gasteiger partial charge in [-0.05, 0) is 12.5 Å². The van der Waals surface area contributed by atoms with Gasteiger partial charge < -0.3 is 5.32 Å². The van der Waals surface area contributed by atoms with Crippen LogP contribution in [0, 0.1) is 0 Å². The van der Waals surface area contributed by atoms with Crippen molar-refractivity contribution in [3.05, 3.63) is 35.5 Å². The maximum atomic E-state index is 4.78. The Morgan fingerprint density at radius 2 is 2.17 bits per heavy atom. The van der Waals surface area contributed by atoms with Gasteiger partial charge in [0.25, 0.3) is 0 Å². The lowest BCUT2D eigenvalue weighted by Crippen LogP contribution is -2.05. The van der Waals surface area contributed by atoms with Crippen LogP contribution in [0.4, 0.5) is 5.69 Å². The zero-order valence-corrected chi connectivity index (χ0v) is 11.5. The zero-order valence-electron chi connectivity index (χ0n) is 10.7. The SMILES string of the molecule is CCCCNc1c2c(nc3ccccc13)CSC2. The van der Waals surface area contributed by atoms with Crippen molar-refractivity contribution in [1.82, 2.24) is 4.98 Å². The third kappa shape index (κ3) is 2.07. The van der Waals surface area contributed by atoms with Gasteiger partial charge in [-0.1, -0.05) is 31.5 Å². The number of anilines is 1. The Hall–Kier alpha value is -1.22. The molecule has 1 N–H and O–H groups in total. The summed E-state index contributed by atoms with van der Waals surface area (Å²) in [6.07, 6.45) is 2.45. The van der Waals surface area contributed by atoms with Crippen LogP contribution in [0.5, 0.6) is 0 Å². The van der Waals surface area contributed by atoms with Gasteiger partial charge in [0, 0.05) is 34.7 Å². The first-order valence-corrected chi connectivity index (χ1v) is 7.77. The number of unbranched alkanes of at least 4 members (excludes halogenated alkanes) is 1. The van der Waals surface area contributed by atoms with E-state index < -0.39 is 0 Å². The molecule has 2 aromatic rings. The van der Waals surface area contributed by atoms with Gasteiger partial charge in [-0.15, -0.1) is 0 Å². The largest absolute Gasteiger partial charge is 0.384 e. The molecule has 0 amide bonds. The highest BCUT2D eigenvalue weighted by molar-refractivity contribution is 7.98. The fourth-order valence-electron chi connectivity index (χ4n) is 2.42. The Balaban J connectivity index is 2.07. The van der Waals surface area contributed by atoms with Crippen molar-refractivity contribution in [3.8, 4) is 0 Å². The summed E-state index contributed by atoms with van der Waals surface area (Å²) < 4.78 is 0. The van der Waals surface area contributed by atoms with E-state index in [1.54, 1.807) is 0 Å². The maximum absolute atomic E-state index is 4.78. The van der Waals surface area contributed by atoms with E-state index in [1.807, 2.05) is 11.8 Å². The molecule has 1 aromatic carbocycles. The highest BCUT2D eigenvalue weighted by atomic mass is 32.2. The molecule has 0 radical (unpaired) electrons. The lowest BCUT2D eigenvalue weighted by atomic mass is 10.1. The molecule has 0 atom stereocenters. The lowest BCUT2D eigenvalue weighted by molar-refractivity contribution is 0.834. The number of benzene rings is 1. The number of nitrogens with zero attached hydrogens (tertiary/aromatic N) is 1. The average molecular weight is 258 g/mol.